The summed E-state index contributed by atoms with van der Waals surface area (Å²) in [6.45, 7) is 3.26. The van der Waals surface area contributed by atoms with E-state index in [9.17, 15) is 13.2 Å². The third kappa shape index (κ3) is 3.19. The molecule has 0 unspecified atom stereocenters. The van der Waals surface area contributed by atoms with Crippen molar-refractivity contribution in [1.82, 2.24) is 15.3 Å². The number of nitrogens with one attached hydrogen (secondary N) is 1. The molecule has 0 spiro atoms. The van der Waals surface area contributed by atoms with Crippen LogP contribution in [0.1, 0.15) is 5.56 Å². The number of hydrogen-bond donors (Lipinski definition) is 1. The lowest BCUT2D eigenvalue weighted by Gasteiger charge is -2.27. The molecular weight excluding hydrogens is 293 g/mol. The second-order valence-electron chi connectivity index (χ2n) is 5.06. The molecule has 1 N–H and O–H groups in total. The van der Waals surface area contributed by atoms with E-state index >= 15 is 0 Å². The third-order valence-corrected chi connectivity index (χ3v) is 3.53. The van der Waals surface area contributed by atoms with Crippen LogP contribution in [0.5, 0.6) is 0 Å². The highest BCUT2D eigenvalue weighted by molar-refractivity contribution is 5.61. The van der Waals surface area contributed by atoms with Crippen molar-refractivity contribution in [1.29, 1.82) is 0 Å². The molecule has 1 aliphatic heterocycles. The van der Waals surface area contributed by atoms with Crippen LogP contribution in [-0.4, -0.2) is 36.1 Å². The first-order valence-corrected chi connectivity index (χ1v) is 7.00. The fourth-order valence-corrected chi connectivity index (χ4v) is 2.38. The number of halogens is 3. The molecular formula is C15H15F3N4. The van der Waals surface area contributed by atoms with Gasteiger partial charge in [-0.3, -0.25) is 0 Å². The quantitative estimate of drug-likeness (QED) is 0.926. The molecule has 2 aromatic rings. The second-order valence-corrected chi connectivity index (χ2v) is 5.06. The van der Waals surface area contributed by atoms with Crippen LogP contribution in [0.3, 0.4) is 0 Å². The highest BCUT2D eigenvalue weighted by Gasteiger charge is 2.30. The van der Waals surface area contributed by atoms with Crippen molar-refractivity contribution in [3.05, 3.63) is 42.1 Å². The third-order valence-electron chi connectivity index (χ3n) is 3.53. The van der Waals surface area contributed by atoms with Gasteiger partial charge >= 0.3 is 6.18 Å². The van der Waals surface area contributed by atoms with E-state index in [1.54, 1.807) is 18.3 Å². The van der Waals surface area contributed by atoms with Crippen molar-refractivity contribution in [3.8, 4) is 11.3 Å². The van der Waals surface area contributed by atoms with E-state index in [0.717, 1.165) is 38.3 Å². The Kier molecular flexibility index (Phi) is 3.98. The van der Waals surface area contributed by atoms with Gasteiger partial charge in [0.1, 0.15) is 0 Å². The van der Waals surface area contributed by atoms with E-state index in [4.69, 9.17) is 0 Å². The molecule has 2 heterocycles. The van der Waals surface area contributed by atoms with Gasteiger partial charge in [0.05, 0.1) is 11.3 Å². The maximum absolute atomic E-state index is 12.8. The highest BCUT2D eigenvalue weighted by atomic mass is 19.4. The van der Waals surface area contributed by atoms with Gasteiger partial charge in [-0.05, 0) is 18.2 Å². The smallest absolute Gasteiger partial charge is 0.338 e. The standard InChI is InChI=1S/C15H15F3N4/c16-15(17,18)12-3-1-2-11(10-12)13-4-5-20-14(21-13)22-8-6-19-7-9-22/h1-5,10,19H,6-9H2. The molecule has 1 aromatic carbocycles. The van der Waals surface area contributed by atoms with Crippen LogP contribution < -0.4 is 10.2 Å². The fraction of sp³-hybridized carbons (Fsp3) is 0.333. The predicted octanol–water partition coefficient (Wildman–Crippen LogP) is 2.57. The molecule has 0 bridgehead atoms. The van der Waals surface area contributed by atoms with Gasteiger partial charge in [-0.25, -0.2) is 9.97 Å². The van der Waals surface area contributed by atoms with Crippen molar-refractivity contribution >= 4 is 5.95 Å². The Morgan fingerprint density at radius 3 is 2.59 bits per heavy atom. The summed E-state index contributed by atoms with van der Waals surface area (Å²) in [5.41, 5.74) is 0.260. The van der Waals surface area contributed by atoms with E-state index in [2.05, 4.69) is 15.3 Å². The zero-order valence-corrected chi connectivity index (χ0v) is 11.8. The van der Waals surface area contributed by atoms with Crippen LogP contribution in [0.15, 0.2) is 36.5 Å². The zero-order valence-electron chi connectivity index (χ0n) is 11.8. The van der Waals surface area contributed by atoms with E-state index in [-0.39, 0.29) is 0 Å². The number of alkyl halides is 3. The first-order chi connectivity index (χ1) is 10.5. The Balaban J connectivity index is 1.92. The number of piperazine rings is 1. The molecule has 22 heavy (non-hydrogen) atoms. The first kappa shape index (κ1) is 14.8. The summed E-state index contributed by atoms with van der Waals surface area (Å²) in [6, 6.07) is 6.82. The molecule has 4 nitrogen and oxygen atoms in total. The Morgan fingerprint density at radius 2 is 1.86 bits per heavy atom. The molecule has 1 fully saturated rings. The molecule has 116 valence electrons. The van der Waals surface area contributed by atoms with Gasteiger partial charge in [0.15, 0.2) is 0 Å². The van der Waals surface area contributed by atoms with E-state index < -0.39 is 11.7 Å². The van der Waals surface area contributed by atoms with Crippen LogP contribution in [0.4, 0.5) is 19.1 Å². The molecule has 0 saturated carbocycles. The van der Waals surface area contributed by atoms with Gasteiger partial charge in [-0.1, -0.05) is 12.1 Å². The van der Waals surface area contributed by atoms with Gasteiger partial charge < -0.3 is 10.2 Å². The van der Waals surface area contributed by atoms with Crippen LogP contribution in [-0.2, 0) is 6.18 Å². The Morgan fingerprint density at radius 1 is 1.09 bits per heavy atom. The summed E-state index contributed by atoms with van der Waals surface area (Å²) in [6.07, 6.45) is -2.77. The average molecular weight is 308 g/mol. The number of nitrogens with zero attached hydrogens (tertiary/aromatic N) is 3. The van der Waals surface area contributed by atoms with Crippen LogP contribution >= 0.6 is 0 Å². The average Bonchev–Trinajstić information content (AvgIpc) is 2.55. The minimum atomic E-state index is -4.36. The summed E-state index contributed by atoms with van der Waals surface area (Å²) in [5, 5.41) is 3.23. The lowest BCUT2D eigenvalue weighted by Crippen LogP contribution is -2.44. The summed E-state index contributed by atoms with van der Waals surface area (Å²) in [7, 11) is 0. The van der Waals surface area contributed by atoms with Crippen molar-refractivity contribution in [2.45, 2.75) is 6.18 Å². The second kappa shape index (κ2) is 5.92. The van der Waals surface area contributed by atoms with Crippen molar-refractivity contribution < 1.29 is 13.2 Å². The Labute approximate surface area is 126 Å². The van der Waals surface area contributed by atoms with E-state index in [1.807, 2.05) is 4.90 Å². The summed E-state index contributed by atoms with van der Waals surface area (Å²) < 4.78 is 38.4. The normalized spacial score (nSPS) is 15.9. The molecule has 0 radical (unpaired) electrons. The topological polar surface area (TPSA) is 41.1 Å². The zero-order chi connectivity index (χ0) is 15.6. The van der Waals surface area contributed by atoms with Crippen molar-refractivity contribution in [2.24, 2.45) is 0 Å². The number of hydrogen-bond acceptors (Lipinski definition) is 4. The van der Waals surface area contributed by atoms with E-state index in [0.29, 0.717) is 17.2 Å². The molecule has 7 heteroatoms. The highest BCUT2D eigenvalue weighted by Crippen LogP contribution is 2.31. The minimum Gasteiger partial charge on any atom is -0.338 e. The van der Waals surface area contributed by atoms with Gasteiger partial charge in [-0.15, -0.1) is 0 Å². The number of anilines is 1. The van der Waals surface area contributed by atoms with Crippen LogP contribution in [0.25, 0.3) is 11.3 Å². The molecule has 1 aromatic heterocycles. The van der Waals surface area contributed by atoms with Crippen molar-refractivity contribution in [3.63, 3.8) is 0 Å². The number of aromatic nitrogens is 2. The van der Waals surface area contributed by atoms with Crippen LogP contribution in [0, 0.1) is 0 Å². The molecule has 3 rings (SSSR count). The summed E-state index contributed by atoms with van der Waals surface area (Å²) in [5.74, 6) is 0.552. The Hall–Kier alpha value is -2.15. The van der Waals surface area contributed by atoms with Crippen LogP contribution in [0.2, 0.25) is 0 Å². The molecule has 0 atom stereocenters. The molecule has 1 saturated heterocycles. The van der Waals surface area contributed by atoms with E-state index in [1.165, 1.54) is 6.07 Å². The lowest BCUT2D eigenvalue weighted by atomic mass is 10.1. The van der Waals surface area contributed by atoms with Gasteiger partial charge in [0.25, 0.3) is 0 Å². The summed E-state index contributed by atoms with van der Waals surface area (Å²) >= 11 is 0. The van der Waals surface area contributed by atoms with Crippen molar-refractivity contribution in [2.75, 3.05) is 31.1 Å². The molecule has 1 aliphatic rings. The molecule has 0 amide bonds. The largest absolute Gasteiger partial charge is 0.416 e. The maximum Gasteiger partial charge on any atom is 0.416 e. The monoisotopic (exact) mass is 308 g/mol. The SMILES string of the molecule is FC(F)(F)c1cccc(-c2ccnc(N3CCNCC3)n2)c1. The van der Waals surface area contributed by atoms with Gasteiger partial charge in [0.2, 0.25) is 5.95 Å². The number of rotatable bonds is 2. The first-order valence-electron chi connectivity index (χ1n) is 7.00. The lowest BCUT2D eigenvalue weighted by molar-refractivity contribution is -0.137. The van der Waals surface area contributed by atoms with Gasteiger partial charge in [0, 0.05) is 37.9 Å². The Bertz CT molecular complexity index is 651. The minimum absolute atomic E-state index is 0.439. The maximum atomic E-state index is 12.8. The summed E-state index contributed by atoms with van der Waals surface area (Å²) in [4.78, 5) is 10.7. The predicted molar refractivity (Wildman–Crippen MR) is 77.6 cm³/mol. The number of benzene rings is 1. The molecule has 0 aliphatic carbocycles. The fourth-order valence-electron chi connectivity index (χ4n) is 2.38. The van der Waals surface area contributed by atoms with Gasteiger partial charge in [-0.2, -0.15) is 13.2 Å².